The number of pyridine rings is 1. The Balaban J connectivity index is 1.64. The summed E-state index contributed by atoms with van der Waals surface area (Å²) in [5, 5.41) is 8.19. The second-order valence-corrected chi connectivity index (χ2v) is 8.81. The van der Waals surface area contributed by atoms with E-state index in [2.05, 4.69) is 24.1 Å². The van der Waals surface area contributed by atoms with Crippen molar-refractivity contribution in [2.75, 3.05) is 11.9 Å². The van der Waals surface area contributed by atoms with Gasteiger partial charge in [-0.3, -0.25) is 9.78 Å². The lowest BCUT2D eigenvalue weighted by molar-refractivity contribution is -0.118. The molecule has 0 bridgehead atoms. The Morgan fingerprint density at radius 2 is 2.00 bits per heavy atom. The van der Waals surface area contributed by atoms with Crippen LogP contribution in [0, 0.1) is 5.41 Å². The Hall–Kier alpha value is -3.48. The Morgan fingerprint density at radius 1 is 1.19 bits per heavy atom. The number of benzene rings is 1. The van der Waals surface area contributed by atoms with E-state index in [9.17, 15) is 4.79 Å². The highest BCUT2D eigenvalue weighted by Gasteiger charge is 2.41. The molecule has 0 saturated carbocycles. The molecule has 1 unspecified atom stereocenters. The van der Waals surface area contributed by atoms with Crippen molar-refractivity contribution in [3.05, 3.63) is 65.6 Å². The van der Waals surface area contributed by atoms with Gasteiger partial charge in [0.05, 0.1) is 6.61 Å². The molecule has 1 atom stereocenters. The molecule has 1 aromatic carbocycles. The van der Waals surface area contributed by atoms with E-state index in [0.29, 0.717) is 24.8 Å². The molecule has 7 heteroatoms. The van der Waals surface area contributed by atoms with Crippen molar-refractivity contribution in [3.8, 4) is 17.1 Å². The maximum absolute atomic E-state index is 13.3. The van der Waals surface area contributed by atoms with Crippen LogP contribution in [0.15, 0.2) is 60.1 Å². The second-order valence-electron chi connectivity index (χ2n) is 8.81. The molecule has 0 fully saturated rings. The van der Waals surface area contributed by atoms with Crippen LogP contribution < -0.4 is 10.1 Å². The maximum Gasteiger partial charge on any atom is 0.226 e. The zero-order valence-corrected chi connectivity index (χ0v) is 17.9. The minimum atomic E-state index is -0.330. The van der Waals surface area contributed by atoms with Crippen LogP contribution in [0.1, 0.15) is 45.2 Å². The van der Waals surface area contributed by atoms with Gasteiger partial charge in [-0.25, -0.2) is 4.68 Å². The monoisotopic (exact) mass is 415 g/mol. The van der Waals surface area contributed by atoms with Crippen LogP contribution in [-0.2, 0) is 4.79 Å². The summed E-state index contributed by atoms with van der Waals surface area (Å²) in [4.78, 5) is 22.2. The number of ether oxygens (including phenoxy) is 1. The molecule has 3 aromatic rings. The van der Waals surface area contributed by atoms with E-state index in [1.54, 1.807) is 12.4 Å². The first kappa shape index (κ1) is 19.5. The smallest absolute Gasteiger partial charge is 0.226 e. The summed E-state index contributed by atoms with van der Waals surface area (Å²) in [5.41, 5.74) is 3.44. The molecule has 2 aromatic heterocycles. The molecule has 3 heterocycles. The van der Waals surface area contributed by atoms with Gasteiger partial charge in [-0.15, -0.1) is 5.10 Å². The van der Waals surface area contributed by atoms with Gasteiger partial charge in [-0.2, -0.15) is 4.98 Å². The van der Waals surface area contributed by atoms with Crippen molar-refractivity contribution >= 4 is 11.7 Å². The molecule has 0 radical (unpaired) electrons. The summed E-state index contributed by atoms with van der Waals surface area (Å²) in [5.74, 6) is 2.18. The van der Waals surface area contributed by atoms with Crippen LogP contribution in [0.3, 0.4) is 0 Å². The van der Waals surface area contributed by atoms with Crippen LogP contribution in [0.25, 0.3) is 11.4 Å². The predicted molar refractivity (Wildman–Crippen MR) is 118 cm³/mol. The van der Waals surface area contributed by atoms with E-state index >= 15 is 0 Å². The Morgan fingerprint density at radius 3 is 2.71 bits per heavy atom. The number of anilines is 1. The van der Waals surface area contributed by atoms with E-state index in [4.69, 9.17) is 14.8 Å². The standard InChI is InChI=1S/C24H25N5O2/c1-4-31-17-9-7-15(8-10-17)21-20-18(12-24(2,3)13-19(20)30)26-23-27-22(28-29(21)23)16-6-5-11-25-14-16/h5-11,14,21H,4,12-13H2,1-3H3,(H,26,27,28). The molecular weight excluding hydrogens is 390 g/mol. The number of nitrogens with one attached hydrogen (secondary N) is 1. The molecule has 0 amide bonds. The second kappa shape index (κ2) is 7.34. The number of carbonyl (C=O) groups excluding carboxylic acids is 1. The van der Waals surface area contributed by atoms with E-state index in [0.717, 1.165) is 34.6 Å². The van der Waals surface area contributed by atoms with Crippen LogP contribution in [0.2, 0.25) is 0 Å². The third-order valence-electron chi connectivity index (χ3n) is 5.76. The summed E-state index contributed by atoms with van der Waals surface area (Å²) in [6.07, 6.45) is 4.77. The number of hydrogen-bond acceptors (Lipinski definition) is 6. The zero-order valence-electron chi connectivity index (χ0n) is 17.9. The first-order chi connectivity index (χ1) is 14.9. The third-order valence-corrected chi connectivity index (χ3v) is 5.76. The van der Waals surface area contributed by atoms with Gasteiger partial charge in [0.2, 0.25) is 5.95 Å². The summed E-state index contributed by atoms with van der Waals surface area (Å²) in [7, 11) is 0. The fraction of sp³-hybridized carbons (Fsp3) is 0.333. The third kappa shape index (κ3) is 3.50. The number of fused-ring (bicyclic) bond motifs is 1. The Bertz CT molecular complexity index is 1160. The number of rotatable bonds is 4. The summed E-state index contributed by atoms with van der Waals surface area (Å²) in [6.45, 7) is 6.82. The summed E-state index contributed by atoms with van der Waals surface area (Å²) in [6, 6.07) is 11.4. The van der Waals surface area contributed by atoms with E-state index in [1.165, 1.54) is 0 Å². The summed E-state index contributed by atoms with van der Waals surface area (Å²) >= 11 is 0. The molecule has 158 valence electrons. The summed E-state index contributed by atoms with van der Waals surface area (Å²) < 4.78 is 7.43. The molecule has 0 spiro atoms. The van der Waals surface area contributed by atoms with Gasteiger partial charge < -0.3 is 10.1 Å². The number of allylic oxidation sites excluding steroid dienone is 2. The first-order valence-electron chi connectivity index (χ1n) is 10.6. The predicted octanol–water partition coefficient (Wildman–Crippen LogP) is 4.40. The number of aromatic nitrogens is 4. The average molecular weight is 415 g/mol. The fourth-order valence-corrected chi connectivity index (χ4v) is 4.45. The van der Waals surface area contributed by atoms with Crippen LogP contribution in [0.5, 0.6) is 5.75 Å². The van der Waals surface area contributed by atoms with Crippen molar-refractivity contribution in [2.45, 2.75) is 39.7 Å². The average Bonchev–Trinajstić information content (AvgIpc) is 3.17. The van der Waals surface area contributed by atoms with Crippen LogP contribution in [-0.4, -0.2) is 32.1 Å². The molecule has 1 aliphatic carbocycles. The topological polar surface area (TPSA) is 81.9 Å². The first-order valence-corrected chi connectivity index (χ1v) is 10.6. The normalized spacial score (nSPS) is 19.5. The van der Waals surface area contributed by atoms with Gasteiger partial charge in [0.1, 0.15) is 11.8 Å². The zero-order chi connectivity index (χ0) is 21.6. The molecule has 0 saturated heterocycles. The number of ketones is 1. The van der Waals surface area contributed by atoms with E-state index < -0.39 is 0 Å². The van der Waals surface area contributed by atoms with E-state index in [-0.39, 0.29) is 17.2 Å². The molecule has 1 N–H and O–H groups in total. The van der Waals surface area contributed by atoms with Crippen molar-refractivity contribution in [1.29, 1.82) is 0 Å². The van der Waals surface area contributed by atoms with Gasteiger partial charge in [0.15, 0.2) is 11.6 Å². The van der Waals surface area contributed by atoms with Crippen molar-refractivity contribution < 1.29 is 9.53 Å². The Labute approximate surface area is 181 Å². The molecule has 1 aliphatic heterocycles. The highest BCUT2D eigenvalue weighted by Crippen LogP contribution is 2.45. The molecule has 2 aliphatic rings. The Kier molecular flexibility index (Phi) is 4.61. The highest BCUT2D eigenvalue weighted by molar-refractivity contribution is 6.00. The number of nitrogens with zero attached hydrogens (tertiary/aromatic N) is 4. The minimum absolute atomic E-state index is 0.0966. The lowest BCUT2D eigenvalue weighted by Gasteiger charge is -2.38. The fourth-order valence-electron chi connectivity index (χ4n) is 4.45. The quantitative estimate of drug-likeness (QED) is 0.680. The highest BCUT2D eigenvalue weighted by atomic mass is 16.5. The van der Waals surface area contributed by atoms with Gasteiger partial charge in [0.25, 0.3) is 0 Å². The van der Waals surface area contributed by atoms with Crippen molar-refractivity contribution in [1.82, 2.24) is 19.7 Å². The molecule has 31 heavy (non-hydrogen) atoms. The minimum Gasteiger partial charge on any atom is -0.494 e. The van der Waals surface area contributed by atoms with Gasteiger partial charge >= 0.3 is 0 Å². The molecular formula is C24H25N5O2. The van der Waals surface area contributed by atoms with Gasteiger partial charge in [-0.1, -0.05) is 26.0 Å². The number of Topliss-reactive ketones (excluding diaryl/α,β-unsaturated/α-hetero) is 1. The molecule has 7 nitrogen and oxygen atoms in total. The maximum atomic E-state index is 13.3. The van der Waals surface area contributed by atoms with Crippen LogP contribution in [0.4, 0.5) is 5.95 Å². The van der Waals surface area contributed by atoms with Crippen LogP contribution >= 0.6 is 0 Å². The number of carbonyl (C=O) groups is 1. The lowest BCUT2D eigenvalue weighted by Crippen LogP contribution is -2.36. The number of hydrogen-bond donors (Lipinski definition) is 1. The van der Waals surface area contributed by atoms with Crippen molar-refractivity contribution in [3.63, 3.8) is 0 Å². The van der Waals surface area contributed by atoms with Gasteiger partial charge in [0, 0.05) is 35.6 Å². The molecule has 5 rings (SSSR count). The lowest BCUT2D eigenvalue weighted by atomic mass is 9.73. The van der Waals surface area contributed by atoms with Crippen molar-refractivity contribution in [2.24, 2.45) is 5.41 Å². The van der Waals surface area contributed by atoms with Gasteiger partial charge in [-0.05, 0) is 48.6 Å². The SMILES string of the molecule is CCOc1ccc(C2C3=C(CC(C)(C)CC3=O)Nc3nc(-c4cccnc4)nn32)cc1. The van der Waals surface area contributed by atoms with E-state index in [1.807, 2.05) is 48.0 Å². The largest absolute Gasteiger partial charge is 0.494 e.